The second-order valence-corrected chi connectivity index (χ2v) is 12.1. The summed E-state index contributed by atoms with van der Waals surface area (Å²) >= 11 is 0. The van der Waals surface area contributed by atoms with Crippen molar-refractivity contribution < 1.29 is 17.5 Å². The van der Waals surface area contributed by atoms with Gasteiger partial charge in [0.05, 0.1) is 18.1 Å². The number of aryl methyl sites for hydroxylation is 1. The zero-order valence-corrected chi connectivity index (χ0v) is 21.3. The first-order valence-corrected chi connectivity index (χ1v) is 14.1. The van der Waals surface area contributed by atoms with E-state index in [-0.39, 0.29) is 35.6 Å². The van der Waals surface area contributed by atoms with Gasteiger partial charge in [-0.25, -0.2) is 17.8 Å². The van der Waals surface area contributed by atoms with Crippen molar-refractivity contribution >= 4 is 27.6 Å². The fraction of sp³-hybridized carbons (Fsp3) is 0.696. The summed E-state index contributed by atoms with van der Waals surface area (Å²) in [7, 11) is -1.33. The van der Waals surface area contributed by atoms with Crippen molar-refractivity contribution in [3.63, 3.8) is 0 Å². The Morgan fingerprint density at radius 1 is 1.26 bits per heavy atom. The summed E-state index contributed by atoms with van der Waals surface area (Å²) in [5.74, 6) is 0.492. The normalized spacial score (nSPS) is 27.2. The molecule has 2 N–H and O–H groups in total. The summed E-state index contributed by atoms with van der Waals surface area (Å²) in [6.07, 6.45) is 4.87. The first kappa shape index (κ1) is 24.4. The first-order valence-electron chi connectivity index (χ1n) is 12.4. The molecule has 3 aliphatic heterocycles. The van der Waals surface area contributed by atoms with E-state index in [0.29, 0.717) is 49.9 Å². The topological polar surface area (TPSA) is 116 Å². The average Bonchev–Trinajstić information content (AvgIpc) is 3.51. The number of sulfonamides is 1. The van der Waals surface area contributed by atoms with E-state index in [2.05, 4.69) is 25.5 Å². The summed E-state index contributed by atoms with van der Waals surface area (Å²) in [6, 6.07) is 1.81. The maximum Gasteiger partial charge on any atom is 0.227 e. The zero-order chi connectivity index (χ0) is 24.7. The number of hydrogen-bond donors (Lipinski definition) is 2. The van der Waals surface area contributed by atoms with Crippen LogP contribution >= 0.6 is 0 Å². The molecule has 5 heterocycles. The number of H-pyrrole nitrogens is 1. The molecule has 3 saturated heterocycles. The molecule has 0 radical (unpaired) electrons. The molecule has 2 aromatic heterocycles. The second kappa shape index (κ2) is 9.62. The lowest BCUT2D eigenvalue weighted by Gasteiger charge is -2.49. The van der Waals surface area contributed by atoms with Crippen LogP contribution in [0.2, 0.25) is 0 Å². The van der Waals surface area contributed by atoms with Gasteiger partial charge >= 0.3 is 0 Å². The van der Waals surface area contributed by atoms with Gasteiger partial charge in [-0.2, -0.15) is 14.4 Å². The fourth-order valence-electron chi connectivity index (χ4n) is 5.71. The number of nitrogens with zero attached hydrogens (tertiary/aromatic N) is 5. The molecule has 1 unspecified atom stereocenters. The number of aromatic amines is 1. The molecule has 10 nitrogen and oxygen atoms in total. The smallest absolute Gasteiger partial charge is 0.227 e. The van der Waals surface area contributed by atoms with Crippen molar-refractivity contribution in [3.05, 3.63) is 23.3 Å². The number of halogens is 1. The number of aromatic nitrogens is 4. The minimum absolute atomic E-state index is 0.0207. The lowest BCUT2D eigenvalue weighted by molar-refractivity contribution is 0.109. The Hall–Kier alpha value is -2.31. The molecule has 4 atom stereocenters. The maximum absolute atomic E-state index is 15.5. The average molecular weight is 508 g/mol. The van der Waals surface area contributed by atoms with Crippen molar-refractivity contribution in [1.29, 1.82) is 0 Å². The van der Waals surface area contributed by atoms with E-state index in [9.17, 15) is 8.42 Å². The van der Waals surface area contributed by atoms with Crippen LogP contribution < -0.4 is 10.2 Å². The Balaban J connectivity index is 1.45. The van der Waals surface area contributed by atoms with Crippen molar-refractivity contribution in [1.82, 2.24) is 24.5 Å². The Kier molecular flexibility index (Phi) is 6.71. The van der Waals surface area contributed by atoms with Crippen molar-refractivity contribution in [2.45, 2.75) is 76.4 Å². The number of nitrogens with one attached hydrogen (secondary N) is 2. The Morgan fingerprint density at radius 2 is 2.00 bits per heavy atom. The molecule has 5 rings (SSSR count). The molecule has 0 amide bonds. The molecule has 3 aliphatic rings. The molecule has 0 aromatic carbocycles. The number of fused-ring (bicyclic) bond motifs is 2. The lowest BCUT2D eigenvalue weighted by Crippen LogP contribution is -2.58. The van der Waals surface area contributed by atoms with E-state index < -0.39 is 15.8 Å². The third-order valence-corrected chi connectivity index (χ3v) is 9.53. The van der Waals surface area contributed by atoms with E-state index in [0.717, 1.165) is 25.0 Å². The van der Waals surface area contributed by atoms with Crippen LogP contribution in [0.1, 0.15) is 62.8 Å². The number of hydrogen-bond acceptors (Lipinski definition) is 8. The predicted octanol–water partition coefficient (Wildman–Crippen LogP) is 3.07. The number of anilines is 3. The Labute approximate surface area is 205 Å². The molecule has 0 saturated carbocycles. The predicted molar refractivity (Wildman–Crippen MR) is 131 cm³/mol. The molecule has 3 fully saturated rings. The van der Waals surface area contributed by atoms with Crippen LogP contribution in [-0.2, 0) is 14.8 Å². The van der Waals surface area contributed by atoms with Crippen LogP contribution in [-0.4, -0.2) is 77.0 Å². The highest BCUT2D eigenvalue weighted by atomic mass is 32.2. The summed E-state index contributed by atoms with van der Waals surface area (Å²) in [5, 5.41) is 10.0. The van der Waals surface area contributed by atoms with Crippen LogP contribution in [0.15, 0.2) is 6.07 Å². The van der Waals surface area contributed by atoms with Crippen molar-refractivity contribution in [2.24, 2.45) is 0 Å². The Morgan fingerprint density at radius 3 is 2.60 bits per heavy atom. The molecule has 0 aliphatic carbocycles. The Bertz CT molecular complexity index is 1150. The quantitative estimate of drug-likeness (QED) is 0.587. The highest BCUT2D eigenvalue weighted by Crippen LogP contribution is 2.39. The second-order valence-electron chi connectivity index (χ2n) is 9.90. The zero-order valence-electron chi connectivity index (χ0n) is 20.5. The van der Waals surface area contributed by atoms with Crippen LogP contribution in [0, 0.1) is 12.7 Å². The van der Waals surface area contributed by atoms with Gasteiger partial charge in [0.1, 0.15) is 0 Å². The van der Waals surface area contributed by atoms with Crippen LogP contribution in [0.4, 0.5) is 22.0 Å². The summed E-state index contributed by atoms with van der Waals surface area (Å²) in [4.78, 5) is 11.2. The van der Waals surface area contributed by atoms with E-state index in [1.807, 2.05) is 18.9 Å². The van der Waals surface area contributed by atoms with Gasteiger partial charge < -0.3 is 15.0 Å². The molecule has 2 aromatic rings. The van der Waals surface area contributed by atoms with Gasteiger partial charge in [0.25, 0.3) is 0 Å². The van der Waals surface area contributed by atoms with Crippen molar-refractivity contribution in [2.75, 3.05) is 36.2 Å². The molecular weight excluding hydrogens is 473 g/mol. The van der Waals surface area contributed by atoms with Gasteiger partial charge in [-0.1, -0.05) is 6.42 Å². The standard InChI is InChI=1S/C23H34FN7O3S/c1-4-35(32,33)31-16-6-5-7-17(31)12-18(11-16)30(3)23-26-21(15-8-9-34-13-15)20(24)22(27-23)25-19-10-14(2)28-29-19/h10,15-18H,4-9,11-13H2,1-3H3,(H2,25,26,27,28,29)/t15?,16-,17+,18+. The van der Waals surface area contributed by atoms with Crippen LogP contribution in [0.5, 0.6) is 0 Å². The van der Waals surface area contributed by atoms with Crippen LogP contribution in [0.25, 0.3) is 0 Å². The third-order valence-electron chi connectivity index (χ3n) is 7.57. The van der Waals surface area contributed by atoms with Gasteiger partial charge in [-0.3, -0.25) is 5.10 Å². The van der Waals surface area contributed by atoms with Gasteiger partial charge in [0.2, 0.25) is 16.0 Å². The minimum Gasteiger partial charge on any atom is -0.381 e. The summed E-state index contributed by atoms with van der Waals surface area (Å²) < 4.78 is 48.4. The highest BCUT2D eigenvalue weighted by molar-refractivity contribution is 7.89. The SMILES string of the molecule is CCS(=O)(=O)N1[C@@H]2CCC[C@H]1C[C@@H](N(C)c1nc(Nc3cc(C)[nH]n3)c(F)c(C3CCOC3)n1)C2. The molecule has 12 heteroatoms. The molecule has 35 heavy (non-hydrogen) atoms. The molecule has 2 bridgehead atoms. The molecular formula is C23H34FN7O3S. The van der Waals surface area contributed by atoms with Crippen LogP contribution in [0.3, 0.4) is 0 Å². The van der Waals surface area contributed by atoms with Gasteiger partial charge in [-0.05, 0) is 46.0 Å². The minimum atomic E-state index is -3.26. The van der Waals surface area contributed by atoms with E-state index in [4.69, 9.17) is 4.74 Å². The first-order chi connectivity index (χ1) is 16.8. The van der Waals surface area contributed by atoms with Gasteiger partial charge in [0.15, 0.2) is 17.5 Å². The maximum atomic E-state index is 15.5. The number of ether oxygens (including phenoxy) is 1. The van der Waals surface area contributed by atoms with Crippen molar-refractivity contribution in [3.8, 4) is 0 Å². The highest BCUT2D eigenvalue weighted by Gasteiger charge is 2.45. The lowest BCUT2D eigenvalue weighted by atomic mass is 9.83. The summed E-state index contributed by atoms with van der Waals surface area (Å²) in [5.41, 5.74) is 1.20. The third kappa shape index (κ3) is 4.75. The van der Waals surface area contributed by atoms with E-state index >= 15 is 4.39 Å². The summed E-state index contributed by atoms with van der Waals surface area (Å²) in [6.45, 7) is 4.58. The largest absolute Gasteiger partial charge is 0.381 e. The monoisotopic (exact) mass is 507 g/mol. The van der Waals surface area contributed by atoms with E-state index in [1.54, 1.807) is 17.3 Å². The molecule has 0 spiro atoms. The number of piperidine rings is 2. The van der Waals surface area contributed by atoms with Gasteiger partial charge in [-0.15, -0.1) is 0 Å². The molecule has 192 valence electrons. The number of rotatable bonds is 7. The van der Waals surface area contributed by atoms with E-state index in [1.165, 1.54) is 0 Å². The fourth-order valence-corrected chi connectivity index (χ4v) is 7.30. The van der Waals surface area contributed by atoms with Gasteiger partial charge in [0, 0.05) is 49.5 Å².